The summed E-state index contributed by atoms with van der Waals surface area (Å²) in [6.45, 7) is 6.85. The molecule has 0 aliphatic rings. The molecule has 0 aliphatic heterocycles. The molecule has 122 valence electrons. The fraction of sp³-hybridized carbons (Fsp3) is 0.667. The van der Waals surface area contributed by atoms with Gasteiger partial charge in [0.2, 0.25) is 0 Å². The third-order valence-electron chi connectivity index (χ3n) is 4.78. The number of aromatic nitrogens is 4. The predicted molar refractivity (Wildman–Crippen MR) is 90.9 cm³/mol. The smallest absolute Gasteiger partial charge is 0.109 e. The van der Waals surface area contributed by atoms with E-state index in [0.29, 0.717) is 11.8 Å². The van der Waals surface area contributed by atoms with Crippen LogP contribution in [0, 0.1) is 5.92 Å². The Morgan fingerprint density at radius 1 is 0.909 bits per heavy atom. The molecule has 0 spiro atoms. The summed E-state index contributed by atoms with van der Waals surface area (Å²) in [5, 5.41) is 0. The van der Waals surface area contributed by atoms with Crippen molar-refractivity contribution < 1.29 is 0 Å². The summed E-state index contributed by atoms with van der Waals surface area (Å²) in [6, 6.07) is 0. The lowest BCUT2D eigenvalue weighted by atomic mass is 9.84. The normalized spacial score (nSPS) is 15.6. The highest BCUT2D eigenvalue weighted by Crippen LogP contribution is 2.31. The average molecular weight is 302 g/mol. The van der Waals surface area contributed by atoms with Crippen molar-refractivity contribution in [2.24, 2.45) is 5.92 Å². The molecule has 0 bridgehead atoms. The van der Waals surface area contributed by atoms with Gasteiger partial charge in [-0.25, -0.2) is 9.97 Å². The van der Waals surface area contributed by atoms with Crippen LogP contribution in [-0.2, 0) is 0 Å². The molecule has 0 saturated carbocycles. The zero-order valence-electron chi connectivity index (χ0n) is 14.2. The number of unbranched alkanes of at least 4 members (excludes halogenated alkanes) is 1. The molecule has 0 aliphatic carbocycles. The van der Waals surface area contributed by atoms with Gasteiger partial charge >= 0.3 is 0 Å². The van der Waals surface area contributed by atoms with E-state index < -0.39 is 0 Å². The van der Waals surface area contributed by atoms with Gasteiger partial charge in [0.25, 0.3) is 0 Å². The maximum atomic E-state index is 4.46. The second-order valence-corrected chi connectivity index (χ2v) is 6.47. The number of nitrogens with one attached hydrogen (secondary N) is 2. The molecule has 2 N–H and O–H groups in total. The topological polar surface area (TPSA) is 57.4 Å². The third kappa shape index (κ3) is 4.72. The van der Waals surface area contributed by atoms with E-state index in [0.717, 1.165) is 17.6 Å². The van der Waals surface area contributed by atoms with Gasteiger partial charge in [-0.05, 0) is 25.2 Å². The van der Waals surface area contributed by atoms with E-state index in [4.69, 9.17) is 0 Å². The van der Waals surface area contributed by atoms with Crippen molar-refractivity contribution in [2.45, 2.75) is 71.1 Å². The molecule has 3 atom stereocenters. The molecule has 2 aromatic rings. The molecular formula is C18H30N4. The van der Waals surface area contributed by atoms with Gasteiger partial charge in [-0.2, -0.15) is 0 Å². The summed E-state index contributed by atoms with van der Waals surface area (Å²) >= 11 is 0. The van der Waals surface area contributed by atoms with Crippen LogP contribution >= 0.6 is 0 Å². The van der Waals surface area contributed by atoms with Gasteiger partial charge in [-0.15, -0.1) is 0 Å². The molecule has 0 saturated heterocycles. The molecule has 2 aromatic heterocycles. The zero-order valence-corrected chi connectivity index (χ0v) is 14.2. The third-order valence-corrected chi connectivity index (χ3v) is 4.78. The number of nitrogens with zero attached hydrogens (tertiary/aromatic N) is 2. The van der Waals surface area contributed by atoms with E-state index in [1.54, 1.807) is 0 Å². The summed E-state index contributed by atoms with van der Waals surface area (Å²) < 4.78 is 0. The highest BCUT2D eigenvalue weighted by molar-refractivity contribution is 4.98. The molecule has 4 heteroatoms. The van der Waals surface area contributed by atoms with Crippen LogP contribution < -0.4 is 0 Å². The van der Waals surface area contributed by atoms with Crippen molar-refractivity contribution in [1.82, 2.24) is 19.9 Å². The maximum absolute atomic E-state index is 4.46. The average Bonchev–Trinajstić information content (AvgIpc) is 3.23. The lowest BCUT2D eigenvalue weighted by Gasteiger charge is -2.23. The molecule has 2 heterocycles. The Kier molecular flexibility index (Phi) is 6.69. The Balaban J connectivity index is 1.84. The maximum Gasteiger partial charge on any atom is 0.109 e. The van der Waals surface area contributed by atoms with Gasteiger partial charge in [0.15, 0.2) is 0 Å². The molecule has 3 unspecified atom stereocenters. The van der Waals surface area contributed by atoms with E-state index in [1.165, 1.54) is 38.5 Å². The standard InChI is InChI=1S/C18H30N4/c1-4-5-8-16(15(3)18-21-12-13-22-18)9-6-7-14(2)17-19-10-11-20-17/h10-16H,4-9H2,1-3H3,(H,19,20)(H,21,22). The minimum absolute atomic E-state index is 0.514. The van der Waals surface area contributed by atoms with Gasteiger partial charge in [0.05, 0.1) is 0 Å². The van der Waals surface area contributed by atoms with Gasteiger partial charge in [0, 0.05) is 36.6 Å². The quantitative estimate of drug-likeness (QED) is 0.647. The van der Waals surface area contributed by atoms with E-state index in [1.807, 2.05) is 24.8 Å². The summed E-state index contributed by atoms with van der Waals surface area (Å²) in [6.07, 6.45) is 15.1. The SMILES string of the molecule is CCCCC(CCCC(C)c1ncc[nH]1)C(C)c1ncc[nH]1. The second kappa shape index (κ2) is 8.76. The number of H-pyrrole nitrogens is 2. The van der Waals surface area contributed by atoms with Crippen LogP contribution in [0.1, 0.15) is 82.8 Å². The summed E-state index contributed by atoms with van der Waals surface area (Å²) in [5.74, 6) is 4.00. The molecular weight excluding hydrogens is 272 g/mol. The van der Waals surface area contributed by atoms with Crippen LogP contribution in [0.15, 0.2) is 24.8 Å². The highest BCUT2D eigenvalue weighted by atomic mass is 14.9. The molecule has 0 radical (unpaired) electrons. The molecule has 0 amide bonds. The number of rotatable bonds is 10. The zero-order chi connectivity index (χ0) is 15.8. The van der Waals surface area contributed by atoms with Crippen molar-refractivity contribution in [2.75, 3.05) is 0 Å². The minimum Gasteiger partial charge on any atom is -0.348 e. The van der Waals surface area contributed by atoms with Crippen LogP contribution in [0.2, 0.25) is 0 Å². The Labute approximate surface area is 134 Å². The van der Waals surface area contributed by atoms with Crippen LogP contribution in [0.25, 0.3) is 0 Å². The highest BCUT2D eigenvalue weighted by Gasteiger charge is 2.20. The van der Waals surface area contributed by atoms with Crippen molar-refractivity contribution in [3.8, 4) is 0 Å². The Hall–Kier alpha value is -1.58. The van der Waals surface area contributed by atoms with Gasteiger partial charge in [-0.3, -0.25) is 0 Å². The Bertz CT molecular complexity index is 489. The molecule has 0 fully saturated rings. The first kappa shape index (κ1) is 16.8. The molecule has 2 rings (SSSR count). The Morgan fingerprint density at radius 3 is 2.14 bits per heavy atom. The minimum atomic E-state index is 0.514. The monoisotopic (exact) mass is 302 g/mol. The van der Waals surface area contributed by atoms with E-state index in [-0.39, 0.29) is 0 Å². The largest absolute Gasteiger partial charge is 0.348 e. The molecule has 4 nitrogen and oxygen atoms in total. The van der Waals surface area contributed by atoms with E-state index in [9.17, 15) is 0 Å². The van der Waals surface area contributed by atoms with Crippen LogP contribution in [0.3, 0.4) is 0 Å². The van der Waals surface area contributed by atoms with Gasteiger partial charge < -0.3 is 9.97 Å². The first-order valence-corrected chi connectivity index (χ1v) is 8.70. The van der Waals surface area contributed by atoms with Crippen LogP contribution in [-0.4, -0.2) is 19.9 Å². The first-order chi connectivity index (χ1) is 10.7. The van der Waals surface area contributed by atoms with Gasteiger partial charge in [0.1, 0.15) is 11.6 Å². The lowest BCUT2D eigenvalue weighted by Crippen LogP contribution is -2.12. The van der Waals surface area contributed by atoms with Crippen molar-refractivity contribution in [1.29, 1.82) is 0 Å². The van der Waals surface area contributed by atoms with Crippen LogP contribution in [0.5, 0.6) is 0 Å². The Morgan fingerprint density at radius 2 is 1.55 bits per heavy atom. The van der Waals surface area contributed by atoms with Crippen molar-refractivity contribution >= 4 is 0 Å². The van der Waals surface area contributed by atoms with E-state index in [2.05, 4.69) is 40.7 Å². The number of hydrogen-bond donors (Lipinski definition) is 2. The van der Waals surface area contributed by atoms with Gasteiger partial charge in [-0.1, -0.05) is 40.0 Å². The van der Waals surface area contributed by atoms with Crippen molar-refractivity contribution in [3.05, 3.63) is 36.4 Å². The molecule has 0 aromatic carbocycles. The van der Waals surface area contributed by atoms with Crippen molar-refractivity contribution in [3.63, 3.8) is 0 Å². The fourth-order valence-corrected chi connectivity index (χ4v) is 3.23. The fourth-order valence-electron chi connectivity index (χ4n) is 3.23. The van der Waals surface area contributed by atoms with E-state index >= 15 is 0 Å². The summed E-state index contributed by atoms with van der Waals surface area (Å²) in [5.41, 5.74) is 0. The summed E-state index contributed by atoms with van der Waals surface area (Å²) in [4.78, 5) is 15.3. The predicted octanol–water partition coefficient (Wildman–Crippen LogP) is 5.02. The summed E-state index contributed by atoms with van der Waals surface area (Å²) in [7, 11) is 0. The second-order valence-electron chi connectivity index (χ2n) is 6.47. The lowest BCUT2D eigenvalue weighted by molar-refractivity contribution is 0.349. The number of hydrogen-bond acceptors (Lipinski definition) is 2. The number of aromatic amines is 2. The van der Waals surface area contributed by atoms with Crippen LogP contribution in [0.4, 0.5) is 0 Å². The molecule has 22 heavy (non-hydrogen) atoms. The number of imidazole rings is 2. The first-order valence-electron chi connectivity index (χ1n) is 8.70.